The van der Waals surface area contributed by atoms with Crippen molar-refractivity contribution in [1.82, 2.24) is 10.3 Å². The first kappa shape index (κ1) is 19.2. The molecule has 5 nitrogen and oxygen atoms in total. The highest BCUT2D eigenvalue weighted by atomic mass is 16.3. The van der Waals surface area contributed by atoms with Crippen LogP contribution in [0.4, 0.5) is 10.5 Å². The molecule has 1 aliphatic rings. The van der Waals surface area contributed by atoms with Crippen molar-refractivity contribution in [3.63, 3.8) is 0 Å². The first-order chi connectivity index (χ1) is 14.0. The number of aliphatic hydroxyl groups excluding tert-OH is 1. The van der Waals surface area contributed by atoms with E-state index in [1.165, 1.54) is 0 Å². The Labute approximate surface area is 170 Å². The number of pyridine rings is 1. The number of urea groups is 1. The second-order valence-electron chi connectivity index (χ2n) is 8.08. The van der Waals surface area contributed by atoms with E-state index in [0.717, 1.165) is 16.7 Å². The van der Waals surface area contributed by atoms with Crippen LogP contribution in [0.3, 0.4) is 0 Å². The van der Waals surface area contributed by atoms with Gasteiger partial charge in [-0.05, 0) is 35.1 Å². The third-order valence-electron chi connectivity index (χ3n) is 5.52. The van der Waals surface area contributed by atoms with Crippen molar-refractivity contribution in [2.45, 2.75) is 37.8 Å². The van der Waals surface area contributed by atoms with Gasteiger partial charge in [0.2, 0.25) is 0 Å². The lowest BCUT2D eigenvalue weighted by Gasteiger charge is -2.40. The molecule has 4 rings (SSSR count). The number of amides is 2. The Kier molecular flexibility index (Phi) is 5.07. The van der Waals surface area contributed by atoms with Gasteiger partial charge in [-0.15, -0.1) is 0 Å². The summed E-state index contributed by atoms with van der Waals surface area (Å²) in [6.07, 6.45) is 1.62. The molecule has 2 aromatic carbocycles. The number of benzene rings is 2. The molecule has 2 unspecified atom stereocenters. The van der Waals surface area contributed by atoms with E-state index in [4.69, 9.17) is 0 Å². The summed E-state index contributed by atoms with van der Waals surface area (Å²) in [4.78, 5) is 17.2. The van der Waals surface area contributed by atoms with Crippen molar-refractivity contribution >= 4 is 11.7 Å². The zero-order valence-electron chi connectivity index (χ0n) is 16.6. The van der Waals surface area contributed by atoms with Crippen LogP contribution in [0.25, 0.3) is 11.3 Å². The van der Waals surface area contributed by atoms with Gasteiger partial charge >= 0.3 is 6.03 Å². The Morgan fingerprint density at radius 3 is 2.55 bits per heavy atom. The van der Waals surface area contributed by atoms with Crippen LogP contribution in [0.15, 0.2) is 72.9 Å². The third kappa shape index (κ3) is 3.87. The van der Waals surface area contributed by atoms with E-state index in [0.29, 0.717) is 17.8 Å². The molecule has 2 atom stereocenters. The molecule has 0 saturated carbocycles. The molecule has 0 radical (unpaired) electrons. The highest BCUT2D eigenvalue weighted by Crippen LogP contribution is 2.41. The van der Waals surface area contributed by atoms with Gasteiger partial charge in [0.1, 0.15) is 0 Å². The molecule has 3 aromatic rings. The van der Waals surface area contributed by atoms with Gasteiger partial charge in [0.05, 0.1) is 23.5 Å². The summed E-state index contributed by atoms with van der Waals surface area (Å²) in [6.45, 7) is 4.24. The van der Waals surface area contributed by atoms with E-state index < -0.39 is 12.1 Å². The average Bonchev–Trinajstić information content (AvgIpc) is 2.72. The molecule has 1 aliphatic carbocycles. The number of carbonyl (C=O) groups excluding carboxylic acids is 1. The molecule has 3 N–H and O–H groups in total. The fourth-order valence-electron chi connectivity index (χ4n) is 4.15. The standard InChI is InChI=1S/C24H25N3O2/c1-24(2)15-20(28)22(17-11-6-7-12-18(17)24)27-23(29)26-19-13-8-14-25-21(19)16-9-4-3-5-10-16/h3-14,20,22,28H,15H2,1-2H3,(H2,26,27,29). The number of rotatable bonds is 3. The summed E-state index contributed by atoms with van der Waals surface area (Å²) in [7, 11) is 0. The molecule has 1 heterocycles. The summed E-state index contributed by atoms with van der Waals surface area (Å²) in [5.41, 5.74) is 4.22. The number of fused-ring (bicyclic) bond motifs is 1. The first-order valence-electron chi connectivity index (χ1n) is 9.81. The predicted octanol–water partition coefficient (Wildman–Crippen LogP) is 4.65. The van der Waals surface area contributed by atoms with Crippen LogP contribution in [0.1, 0.15) is 37.4 Å². The lowest BCUT2D eigenvalue weighted by Crippen LogP contribution is -2.45. The number of nitrogens with one attached hydrogen (secondary N) is 2. The van der Waals surface area contributed by atoms with E-state index in [2.05, 4.69) is 35.5 Å². The molecule has 5 heteroatoms. The Hall–Kier alpha value is -3.18. The van der Waals surface area contributed by atoms with Gasteiger partial charge in [0.15, 0.2) is 0 Å². The molecule has 0 spiro atoms. The highest BCUT2D eigenvalue weighted by Gasteiger charge is 2.38. The minimum atomic E-state index is -0.659. The van der Waals surface area contributed by atoms with Gasteiger partial charge in [0, 0.05) is 11.8 Å². The summed E-state index contributed by atoms with van der Waals surface area (Å²) < 4.78 is 0. The van der Waals surface area contributed by atoms with Crippen LogP contribution in [0.2, 0.25) is 0 Å². The molecular weight excluding hydrogens is 362 g/mol. The van der Waals surface area contributed by atoms with E-state index in [-0.39, 0.29) is 11.4 Å². The zero-order chi connectivity index (χ0) is 20.4. The van der Waals surface area contributed by atoms with Crippen molar-refractivity contribution in [3.8, 4) is 11.3 Å². The molecule has 0 saturated heterocycles. The lowest BCUT2D eigenvalue weighted by atomic mass is 9.70. The topological polar surface area (TPSA) is 74.2 Å². The molecule has 0 fully saturated rings. The number of nitrogens with zero attached hydrogens (tertiary/aromatic N) is 1. The fourth-order valence-corrected chi connectivity index (χ4v) is 4.15. The highest BCUT2D eigenvalue weighted by molar-refractivity contribution is 5.93. The SMILES string of the molecule is CC1(C)CC(O)C(NC(=O)Nc2cccnc2-c2ccccc2)c2ccccc21. The molecule has 0 bridgehead atoms. The Morgan fingerprint density at radius 2 is 1.76 bits per heavy atom. The van der Waals surface area contributed by atoms with E-state index in [9.17, 15) is 9.90 Å². The maximum atomic E-state index is 12.8. The minimum absolute atomic E-state index is 0.144. The normalized spacial score (nSPS) is 19.8. The predicted molar refractivity (Wildman–Crippen MR) is 115 cm³/mol. The Balaban J connectivity index is 1.57. The van der Waals surface area contributed by atoms with Crippen LogP contribution in [-0.2, 0) is 5.41 Å². The van der Waals surface area contributed by atoms with Crippen molar-refractivity contribution in [2.75, 3.05) is 5.32 Å². The molecule has 2 amide bonds. The maximum absolute atomic E-state index is 12.8. The van der Waals surface area contributed by atoms with Gasteiger partial charge in [-0.1, -0.05) is 68.4 Å². The van der Waals surface area contributed by atoms with Crippen molar-refractivity contribution in [3.05, 3.63) is 84.1 Å². The number of anilines is 1. The molecule has 1 aromatic heterocycles. The molecule has 148 valence electrons. The van der Waals surface area contributed by atoms with E-state index in [1.807, 2.05) is 54.6 Å². The molecule has 0 aliphatic heterocycles. The van der Waals surface area contributed by atoms with Crippen LogP contribution >= 0.6 is 0 Å². The average molecular weight is 387 g/mol. The zero-order valence-corrected chi connectivity index (χ0v) is 16.6. The monoisotopic (exact) mass is 387 g/mol. The molecule has 29 heavy (non-hydrogen) atoms. The minimum Gasteiger partial charge on any atom is -0.391 e. The summed E-state index contributed by atoms with van der Waals surface area (Å²) in [5, 5.41) is 16.6. The number of aliphatic hydroxyl groups is 1. The third-order valence-corrected chi connectivity index (χ3v) is 5.52. The van der Waals surface area contributed by atoms with Gasteiger partial charge in [-0.2, -0.15) is 0 Å². The van der Waals surface area contributed by atoms with E-state index >= 15 is 0 Å². The summed E-state index contributed by atoms with van der Waals surface area (Å²) >= 11 is 0. The van der Waals surface area contributed by atoms with Gasteiger partial charge in [0.25, 0.3) is 0 Å². The van der Waals surface area contributed by atoms with E-state index in [1.54, 1.807) is 12.3 Å². The fraction of sp³-hybridized carbons (Fsp3) is 0.250. The Bertz CT molecular complexity index is 1020. The lowest BCUT2D eigenvalue weighted by molar-refractivity contribution is 0.0883. The van der Waals surface area contributed by atoms with Gasteiger partial charge in [-0.25, -0.2) is 4.79 Å². The number of carbonyl (C=O) groups is 1. The second kappa shape index (κ2) is 7.68. The quantitative estimate of drug-likeness (QED) is 0.612. The summed E-state index contributed by atoms with van der Waals surface area (Å²) in [6, 6.07) is 20.5. The maximum Gasteiger partial charge on any atom is 0.319 e. The van der Waals surface area contributed by atoms with Crippen LogP contribution in [-0.4, -0.2) is 22.2 Å². The number of aromatic nitrogens is 1. The van der Waals surface area contributed by atoms with Crippen molar-refractivity contribution in [1.29, 1.82) is 0 Å². The first-order valence-corrected chi connectivity index (χ1v) is 9.81. The van der Waals surface area contributed by atoms with Crippen molar-refractivity contribution in [2.24, 2.45) is 0 Å². The van der Waals surface area contributed by atoms with Crippen LogP contribution < -0.4 is 10.6 Å². The summed E-state index contributed by atoms with van der Waals surface area (Å²) in [5.74, 6) is 0. The van der Waals surface area contributed by atoms with Gasteiger partial charge < -0.3 is 15.7 Å². The van der Waals surface area contributed by atoms with Crippen LogP contribution in [0.5, 0.6) is 0 Å². The molecular formula is C24H25N3O2. The van der Waals surface area contributed by atoms with Crippen LogP contribution in [0, 0.1) is 0 Å². The largest absolute Gasteiger partial charge is 0.391 e. The second-order valence-corrected chi connectivity index (χ2v) is 8.08. The van der Waals surface area contributed by atoms with Crippen molar-refractivity contribution < 1.29 is 9.90 Å². The number of hydrogen-bond acceptors (Lipinski definition) is 3. The smallest absolute Gasteiger partial charge is 0.319 e. The van der Waals surface area contributed by atoms with Gasteiger partial charge in [-0.3, -0.25) is 4.98 Å². The number of hydrogen-bond donors (Lipinski definition) is 3. The Morgan fingerprint density at radius 1 is 1.03 bits per heavy atom.